The summed E-state index contributed by atoms with van der Waals surface area (Å²) in [6.07, 6.45) is 0. The second kappa shape index (κ2) is 8.55. The second-order valence-electron chi connectivity index (χ2n) is 6.92. The van der Waals surface area contributed by atoms with Crippen molar-refractivity contribution in [1.29, 1.82) is 0 Å². The molecule has 0 saturated carbocycles. The van der Waals surface area contributed by atoms with Gasteiger partial charge in [0.15, 0.2) is 11.0 Å². The van der Waals surface area contributed by atoms with Gasteiger partial charge >= 0.3 is 0 Å². The summed E-state index contributed by atoms with van der Waals surface area (Å²) in [5.74, 6) is 1.07. The van der Waals surface area contributed by atoms with Gasteiger partial charge in [-0.1, -0.05) is 37.7 Å². The Morgan fingerprint density at radius 1 is 1.29 bits per heavy atom. The molecule has 3 aromatic rings. The summed E-state index contributed by atoms with van der Waals surface area (Å²) in [4.78, 5) is 12.3. The van der Waals surface area contributed by atoms with E-state index in [0.717, 1.165) is 5.69 Å². The van der Waals surface area contributed by atoms with Gasteiger partial charge in [-0.15, -0.1) is 10.2 Å². The summed E-state index contributed by atoms with van der Waals surface area (Å²) in [7, 11) is 1.77. The Hall–Kier alpha value is -2.68. The molecule has 0 spiro atoms. The highest BCUT2D eigenvalue weighted by molar-refractivity contribution is 7.99. The van der Waals surface area contributed by atoms with Gasteiger partial charge in [-0.25, -0.2) is 4.39 Å². The number of amides is 1. The Kier molecular flexibility index (Phi) is 6.13. The molecular formula is C19H23FN6OS. The highest BCUT2D eigenvalue weighted by Gasteiger charge is 2.19. The standard InChI is InChI=1S/C19H23FN6OS/c1-12(2)10-26-18(14-7-5-6-8-15(14)20)22-23-19(26)28-11-17(27)21-16-9-13(3)24-25(16)4/h5-9,12H,10-11H2,1-4H3,(H,21,27). The number of halogens is 1. The molecule has 1 N–H and O–H groups in total. The zero-order valence-electron chi connectivity index (χ0n) is 16.3. The van der Waals surface area contributed by atoms with Gasteiger partial charge in [0.1, 0.15) is 11.6 Å². The minimum atomic E-state index is -0.347. The molecule has 0 aliphatic carbocycles. The number of anilines is 1. The Morgan fingerprint density at radius 2 is 2.04 bits per heavy atom. The topological polar surface area (TPSA) is 77.6 Å². The van der Waals surface area contributed by atoms with Gasteiger partial charge in [0.2, 0.25) is 5.91 Å². The second-order valence-corrected chi connectivity index (χ2v) is 7.86. The van der Waals surface area contributed by atoms with Crippen LogP contribution >= 0.6 is 11.8 Å². The van der Waals surface area contributed by atoms with E-state index in [0.29, 0.717) is 34.8 Å². The van der Waals surface area contributed by atoms with Crippen molar-refractivity contribution in [2.45, 2.75) is 32.5 Å². The van der Waals surface area contributed by atoms with Crippen LogP contribution in [0.3, 0.4) is 0 Å². The summed E-state index contributed by atoms with van der Waals surface area (Å²) in [5, 5.41) is 16.0. The van der Waals surface area contributed by atoms with Crippen LogP contribution in [0.25, 0.3) is 11.4 Å². The molecule has 0 fully saturated rings. The fourth-order valence-electron chi connectivity index (χ4n) is 2.80. The van der Waals surface area contributed by atoms with Gasteiger partial charge in [0, 0.05) is 19.7 Å². The fraction of sp³-hybridized carbons (Fsp3) is 0.368. The van der Waals surface area contributed by atoms with Gasteiger partial charge < -0.3 is 9.88 Å². The van der Waals surface area contributed by atoms with Crippen molar-refractivity contribution < 1.29 is 9.18 Å². The van der Waals surface area contributed by atoms with E-state index >= 15 is 0 Å². The number of hydrogen-bond acceptors (Lipinski definition) is 5. The predicted molar refractivity (Wildman–Crippen MR) is 108 cm³/mol. The molecule has 0 aliphatic heterocycles. The van der Waals surface area contributed by atoms with E-state index in [1.807, 2.05) is 11.5 Å². The van der Waals surface area contributed by atoms with Crippen LogP contribution in [0.4, 0.5) is 10.2 Å². The maximum atomic E-state index is 14.2. The molecule has 0 saturated heterocycles. The Morgan fingerprint density at radius 3 is 2.68 bits per heavy atom. The van der Waals surface area contributed by atoms with Crippen LogP contribution in [0, 0.1) is 18.7 Å². The van der Waals surface area contributed by atoms with Gasteiger partial charge in [-0.05, 0) is 25.0 Å². The lowest BCUT2D eigenvalue weighted by atomic mass is 10.2. The molecular weight excluding hydrogens is 379 g/mol. The van der Waals surface area contributed by atoms with E-state index in [4.69, 9.17) is 0 Å². The molecule has 0 radical (unpaired) electrons. The first-order chi connectivity index (χ1) is 13.3. The third kappa shape index (κ3) is 4.59. The van der Waals surface area contributed by atoms with Crippen molar-refractivity contribution >= 4 is 23.5 Å². The lowest BCUT2D eigenvalue weighted by Crippen LogP contribution is -2.17. The van der Waals surface area contributed by atoms with E-state index in [1.54, 1.807) is 36.0 Å². The molecule has 0 atom stereocenters. The minimum absolute atomic E-state index is 0.164. The molecule has 1 aromatic carbocycles. The molecule has 0 aliphatic rings. The van der Waals surface area contributed by atoms with Crippen molar-refractivity contribution in [3.8, 4) is 11.4 Å². The van der Waals surface area contributed by atoms with Crippen LogP contribution in [-0.2, 0) is 18.4 Å². The molecule has 148 valence electrons. The maximum Gasteiger partial charge on any atom is 0.235 e. The van der Waals surface area contributed by atoms with Crippen LogP contribution < -0.4 is 5.32 Å². The smallest absolute Gasteiger partial charge is 0.235 e. The van der Waals surface area contributed by atoms with Crippen molar-refractivity contribution in [3.05, 3.63) is 41.8 Å². The van der Waals surface area contributed by atoms with Crippen LogP contribution in [0.1, 0.15) is 19.5 Å². The highest BCUT2D eigenvalue weighted by Crippen LogP contribution is 2.27. The predicted octanol–water partition coefficient (Wildman–Crippen LogP) is 3.51. The first-order valence-electron chi connectivity index (χ1n) is 8.96. The van der Waals surface area contributed by atoms with E-state index in [-0.39, 0.29) is 17.5 Å². The van der Waals surface area contributed by atoms with Crippen molar-refractivity contribution in [1.82, 2.24) is 24.5 Å². The number of carbonyl (C=O) groups is 1. The number of benzene rings is 1. The van der Waals surface area contributed by atoms with Crippen molar-refractivity contribution in [2.75, 3.05) is 11.1 Å². The third-order valence-electron chi connectivity index (χ3n) is 3.98. The van der Waals surface area contributed by atoms with Crippen LogP contribution in [0.2, 0.25) is 0 Å². The number of thioether (sulfide) groups is 1. The first kappa shape index (κ1) is 20.1. The number of nitrogens with zero attached hydrogens (tertiary/aromatic N) is 5. The van der Waals surface area contributed by atoms with E-state index < -0.39 is 0 Å². The number of hydrogen-bond donors (Lipinski definition) is 1. The maximum absolute atomic E-state index is 14.2. The molecule has 2 aromatic heterocycles. The molecule has 9 heteroatoms. The SMILES string of the molecule is Cc1cc(NC(=O)CSc2nnc(-c3ccccc3F)n2CC(C)C)n(C)n1. The van der Waals surface area contributed by atoms with E-state index in [9.17, 15) is 9.18 Å². The van der Waals surface area contributed by atoms with Gasteiger partial charge in [-0.2, -0.15) is 5.10 Å². The van der Waals surface area contributed by atoms with E-state index in [1.165, 1.54) is 17.8 Å². The van der Waals surface area contributed by atoms with Gasteiger partial charge in [0.05, 0.1) is 17.0 Å². The monoisotopic (exact) mass is 402 g/mol. The molecule has 2 heterocycles. The summed E-state index contributed by atoms with van der Waals surface area (Å²) < 4.78 is 17.7. The van der Waals surface area contributed by atoms with Gasteiger partial charge in [0.25, 0.3) is 0 Å². The van der Waals surface area contributed by atoms with Gasteiger partial charge in [-0.3, -0.25) is 9.48 Å². The Bertz CT molecular complexity index is 981. The zero-order valence-corrected chi connectivity index (χ0v) is 17.1. The molecule has 1 amide bonds. The number of aryl methyl sites for hydroxylation is 2. The van der Waals surface area contributed by atoms with Crippen molar-refractivity contribution in [2.24, 2.45) is 13.0 Å². The Labute approximate surface area is 167 Å². The number of nitrogens with one attached hydrogen (secondary N) is 1. The molecule has 7 nitrogen and oxygen atoms in total. The summed E-state index contributed by atoms with van der Waals surface area (Å²) in [6, 6.07) is 8.30. The average molecular weight is 402 g/mol. The highest BCUT2D eigenvalue weighted by atomic mass is 32.2. The molecule has 28 heavy (non-hydrogen) atoms. The number of rotatable bonds is 7. The average Bonchev–Trinajstić information content (AvgIpc) is 3.15. The number of aromatic nitrogens is 5. The third-order valence-corrected chi connectivity index (χ3v) is 4.95. The quantitative estimate of drug-likeness (QED) is 0.612. The summed E-state index contributed by atoms with van der Waals surface area (Å²) in [6.45, 7) is 6.62. The van der Waals surface area contributed by atoms with Crippen LogP contribution in [0.15, 0.2) is 35.5 Å². The lowest BCUT2D eigenvalue weighted by molar-refractivity contribution is -0.113. The largest absolute Gasteiger partial charge is 0.310 e. The first-order valence-corrected chi connectivity index (χ1v) is 9.95. The zero-order chi connectivity index (χ0) is 20.3. The summed E-state index contributed by atoms with van der Waals surface area (Å²) >= 11 is 1.28. The fourth-order valence-corrected chi connectivity index (χ4v) is 3.55. The summed E-state index contributed by atoms with van der Waals surface area (Å²) in [5.41, 5.74) is 1.23. The normalized spacial score (nSPS) is 11.2. The minimum Gasteiger partial charge on any atom is -0.310 e. The van der Waals surface area contributed by atoms with Crippen LogP contribution in [-0.4, -0.2) is 36.2 Å². The molecule has 3 rings (SSSR count). The molecule has 0 bridgehead atoms. The van der Waals surface area contributed by atoms with E-state index in [2.05, 4.69) is 34.5 Å². The lowest BCUT2D eigenvalue weighted by Gasteiger charge is -2.13. The molecule has 0 unspecified atom stereocenters. The number of carbonyl (C=O) groups excluding carboxylic acids is 1. The van der Waals surface area contributed by atoms with Crippen LogP contribution in [0.5, 0.6) is 0 Å². The Balaban J connectivity index is 1.77. The van der Waals surface area contributed by atoms with Crippen molar-refractivity contribution in [3.63, 3.8) is 0 Å².